The molecule has 0 unspecified atom stereocenters. The molecule has 1 aromatic heterocycles. The minimum Gasteiger partial charge on any atom is -0.494 e. The fourth-order valence-electron chi connectivity index (χ4n) is 1.81. The molecule has 0 atom stereocenters. The lowest BCUT2D eigenvalue weighted by molar-refractivity contribution is 0.340. The molecular formula is C14H17N3O3S. The number of nitrogens with one attached hydrogen (secondary N) is 2. The Balaban J connectivity index is 2.31. The number of benzene rings is 1. The normalized spacial score (nSPS) is 11.0. The number of rotatable bonds is 6. The van der Waals surface area contributed by atoms with Gasteiger partial charge in [0.05, 0.1) is 18.0 Å². The molecule has 1 heterocycles. The van der Waals surface area contributed by atoms with Crippen molar-refractivity contribution in [1.29, 1.82) is 0 Å². The smallest absolute Gasteiger partial charge is 0.281 e. The van der Waals surface area contributed by atoms with Crippen LogP contribution in [-0.2, 0) is 10.0 Å². The molecule has 6 nitrogen and oxygen atoms in total. The molecule has 2 rings (SSSR count). The first-order valence-electron chi connectivity index (χ1n) is 6.45. The van der Waals surface area contributed by atoms with Gasteiger partial charge in [-0.05, 0) is 31.2 Å². The van der Waals surface area contributed by atoms with E-state index in [4.69, 9.17) is 4.74 Å². The highest BCUT2D eigenvalue weighted by molar-refractivity contribution is 7.92. The Bertz CT molecular complexity index is 717. The average molecular weight is 307 g/mol. The van der Waals surface area contributed by atoms with Gasteiger partial charge in [-0.1, -0.05) is 6.07 Å². The first-order valence-corrected chi connectivity index (χ1v) is 7.93. The number of hydrogen-bond donors (Lipinski definition) is 2. The van der Waals surface area contributed by atoms with Crippen molar-refractivity contribution in [1.82, 2.24) is 4.98 Å². The Morgan fingerprint density at radius 1 is 1.24 bits per heavy atom. The van der Waals surface area contributed by atoms with Crippen LogP contribution in [0, 0.1) is 0 Å². The Labute approximate surface area is 124 Å². The molecule has 0 bridgehead atoms. The molecule has 0 saturated heterocycles. The fraction of sp³-hybridized carbons (Fsp3) is 0.214. The molecule has 2 N–H and O–H groups in total. The number of sulfonamides is 1. The zero-order valence-corrected chi connectivity index (χ0v) is 12.6. The molecule has 21 heavy (non-hydrogen) atoms. The van der Waals surface area contributed by atoms with Crippen LogP contribution in [0.25, 0.3) is 0 Å². The molecule has 0 spiro atoms. The fourth-order valence-corrected chi connectivity index (χ4v) is 3.01. The van der Waals surface area contributed by atoms with Crippen molar-refractivity contribution in [2.24, 2.45) is 0 Å². The van der Waals surface area contributed by atoms with Crippen molar-refractivity contribution in [3.8, 4) is 5.75 Å². The van der Waals surface area contributed by atoms with E-state index in [9.17, 15) is 8.42 Å². The number of anilines is 2. The van der Waals surface area contributed by atoms with Crippen LogP contribution in [0.4, 0.5) is 11.4 Å². The monoisotopic (exact) mass is 307 g/mol. The molecule has 112 valence electrons. The SMILES string of the molecule is CCOc1cccc(NS(=O)(=O)c2ncccc2NC)c1. The molecule has 0 aliphatic heterocycles. The first-order chi connectivity index (χ1) is 10.1. The number of ether oxygens (including phenoxy) is 1. The summed E-state index contributed by atoms with van der Waals surface area (Å²) in [6.07, 6.45) is 1.44. The van der Waals surface area contributed by atoms with Gasteiger partial charge in [-0.3, -0.25) is 4.72 Å². The lowest BCUT2D eigenvalue weighted by Gasteiger charge is -2.11. The zero-order valence-electron chi connectivity index (χ0n) is 11.8. The van der Waals surface area contributed by atoms with Gasteiger partial charge in [0.25, 0.3) is 10.0 Å². The average Bonchev–Trinajstić information content (AvgIpc) is 2.47. The van der Waals surface area contributed by atoms with E-state index in [2.05, 4.69) is 15.0 Å². The third kappa shape index (κ3) is 3.63. The second-order valence-corrected chi connectivity index (χ2v) is 5.77. The maximum atomic E-state index is 12.4. The van der Waals surface area contributed by atoms with E-state index in [-0.39, 0.29) is 5.03 Å². The topological polar surface area (TPSA) is 80.3 Å². The molecule has 0 radical (unpaired) electrons. The van der Waals surface area contributed by atoms with Gasteiger partial charge in [0.1, 0.15) is 5.75 Å². The van der Waals surface area contributed by atoms with Crippen molar-refractivity contribution < 1.29 is 13.2 Å². The highest BCUT2D eigenvalue weighted by Gasteiger charge is 2.19. The Kier molecular flexibility index (Phi) is 4.64. The molecule has 0 saturated carbocycles. The second-order valence-electron chi connectivity index (χ2n) is 4.17. The second kappa shape index (κ2) is 6.45. The number of pyridine rings is 1. The molecule has 0 aliphatic carbocycles. The Morgan fingerprint density at radius 3 is 2.76 bits per heavy atom. The van der Waals surface area contributed by atoms with Gasteiger partial charge in [-0.15, -0.1) is 0 Å². The standard InChI is InChI=1S/C14H17N3O3S/c1-3-20-12-7-4-6-11(10-12)17-21(18,19)14-13(15-2)8-5-9-16-14/h4-10,15,17H,3H2,1-2H3. The third-order valence-electron chi connectivity index (χ3n) is 2.69. The Hall–Kier alpha value is -2.28. The van der Waals surface area contributed by atoms with Gasteiger partial charge in [-0.25, -0.2) is 4.98 Å². The molecular weight excluding hydrogens is 290 g/mol. The third-order valence-corrected chi connectivity index (χ3v) is 4.03. The number of hydrogen-bond acceptors (Lipinski definition) is 5. The minimum atomic E-state index is -3.77. The maximum Gasteiger partial charge on any atom is 0.281 e. The van der Waals surface area contributed by atoms with Crippen molar-refractivity contribution in [3.05, 3.63) is 42.6 Å². The van der Waals surface area contributed by atoms with Gasteiger partial charge in [-0.2, -0.15) is 8.42 Å². The van der Waals surface area contributed by atoms with Crippen molar-refractivity contribution >= 4 is 21.4 Å². The minimum absolute atomic E-state index is 0.0469. The first kappa shape index (κ1) is 15.1. The molecule has 2 aromatic rings. The van der Waals surface area contributed by atoms with Crippen molar-refractivity contribution in [2.45, 2.75) is 11.9 Å². The largest absolute Gasteiger partial charge is 0.494 e. The van der Waals surface area contributed by atoms with Crippen LogP contribution in [0.1, 0.15) is 6.92 Å². The van der Waals surface area contributed by atoms with E-state index in [0.717, 1.165) is 0 Å². The van der Waals surface area contributed by atoms with Crippen LogP contribution in [0.5, 0.6) is 5.75 Å². The number of aromatic nitrogens is 1. The van der Waals surface area contributed by atoms with E-state index in [1.54, 1.807) is 43.4 Å². The van der Waals surface area contributed by atoms with Crippen molar-refractivity contribution in [3.63, 3.8) is 0 Å². The van der Waals surface area contributed by atoms with Gasteiger partial charge < -0.3 is 10.1 Å². The van der Waals surface area contributed by atoms with E-state index in [1.165, 1.54) is 6.20 Å². The molecule has 1 aromatic carbocycles. The summed E-state index contributed by atoms with van der Waals surface area (Å²) in [5.74, 6) is 0.604. The summed E-state index contributed by atoms with van der Waals surface area (Å²) in [4.78, 5) is 3.93. The van der Waals surface area contributed by atoms with Crippen LogP contribution in [0.3, 0.4) is 0 Å². The van der Waals surface area contributed by atoms with Gasteiger partial charge >= 0.3 is 0 Å². The maximum absolute atomic E-state index is 12.4. The summed E-state index contributed by atoms with van der Waals surface area (Å²) in [5, 5.41) is 2.77. The number of nitrogens with zero attached hydrogens (tertiary/aromatic N) is 1. The lowest BCUT2D eigenvalue weighted by atomic mass is 10.3. The predicted octanol–water partition coefficient (Wildman–Crippen LogP) is 2.32. The zero-order chi connectivity index (χ0) is 15.3. The van der Waals surface area contributed by atoms with E-state index in [1.807, 2.05) is 6.92 Å². The van der Waals surface area contributed by atoms with E-state index >= 15 is 0 Å². The summed E-state index contributed by atoms with van der Waals surface area (Å²) < 4.78 is 32.6. The van der Waals surface area contributed by atoms with Crippen molar-refractivity contribution in [2.75, 3.05) is 23.7 Å². The quantitative estimate of drug-likeness (QED) is 0.856. The van der Waals surface area contributed by atoms with Crippen LogP contribution in [0.2, 0.25) is 0 Å². The van der Waals surface area contributed by atoms with Gasteiger partial charge in [0.2, 0.25) is 0 Å². The lowest BCUT2D eigenvalue weighted by Crippen LogP contribution is -2.16. The van der Waals surface area contributed by atoms with E-state index < -0.39 is 10.0 Å². The highest BCUT2D eigenvalue weighted by Crippen LogP contribution is 2.23. The summed E-state index contributed by atoms with van der Waals surface area (Å²) in [5.41, 5.74) is 0.861. The highest BCUT2D eigenvalue weighted by atomic mass is 32.2. The van der Waals surface area contributed by atoms with Crippen LogP contribution in [-0.4, -0.2) is 27.1 Å². The van der Waals surface area contributed by atoms with Crippen LogP contribution in [0.15, 0.2) is 47.6 Å². The van der Waals surface area contributed by atoms with Gasteiger partial charge in [0, 0.05) is 19.3 Å². The summed E-state index contributed by atoms with van der Waals surface area (Å²) in [6, 6.07) is 10.1. The summed E-state index contributed by atoms with van der Waals surface area (Å²) >= 11 is 0. The summed E-state index contributed by atoms with van der Waals surface area (Å²) in [6.45, 7) is 2.38. The molecule has 0 amide bonds. The predicted molar refractivity (Wildman–Crippen MR) is 82.2 cm³/mol. The molecule has 7 heteroatoms. The van der Waals surface area contributed by atoms with Gasteiger partial charge in [0.15, 0.2) is 5.03 Å². The summed E-state index contributed by atoms with van der Waals surface area (Å²) in [7, 11) is -2.12. The molecule has 0 aliphatic rings. The Morgan fingerprint density at radius 2 is 2.05 bits per heavy atom. The molecule has 0 fully saturated rings. The van der Waals surface area contributed by atoms with Crippen LogP contribution >= 0.6 is 0 Å². The van der Waals surface area contributed by atoms with Crippen LogP contribution < -0.4 is 14.8 Å². The van der Waals surface area contributed by atoms with E-state index in [0.29, 0.717) is 23.7 Å².